The van der Waals surface area contributed by atoms with E-state index in [2.05, 4.69) is 10.6 Å². The molecule has 2 amide bonds. The molecule has 0 aliphatic carbocycles. The first-order valence-electron chi connectivity index (χ1n) is 16.4. The number of nitrogens with one attached hydrogen (secondary N) is 2. The SMILES string of the molecule is CCOC(=O)c1sc(NC(=O)c2cc(F)cc(N3CCOCC3)c2)cc1C.Cc1cc(NC(=O)c2cc(F)cc(N3CCOCC3)c2)sc1C(=O)O. The minimum Gasteiger partial charge on any atom is -0.477 e. The largest absolute Gasteiger partial charge is 0.477 e. The number of carboxylic acids is 1. The summed E-state index contributed by atoms with van der Waals surface area (Å²) in [6.45, 7) is 10.3. The van der Waals surface area contributed by atoms with Gasteiger partial charge in [0.05, 0.1) is 43.0 Å². The van der Waals surface area contributed by atoms with Crippen molar-refractivity contribution in [1.29, 1.82) is 0 Å². The first-order chi connectivity index (χ1) is 24.9. The van der Waals surface area contributed by atoms with Crippen molar-refractivity contribution in [1.82, 2.24) is 0 Å². The number of halogens is 2. The number of carbonyl (C=O) groups is 4. The number of esters is 1. The molecule has 0 bridgehead atoms. The van der Waals surface area contributed by atoms with Gasteiger partial charge in [-0.25, -0.2) is 18.4 Å². The third-order valence-electron chi connectivity index (χ3n) is 8.01. The first-order valence-corrected chi connectivity index (χ1v) is 18.1. The van der Waals surface area contributed by atoms with Gasteiger partial charge in [-0.1, -0.05) is 0 Å². The molecule has 2 fully saturated rings. The lowest BCUT2D eigenvalue weighted by Crippen LogP contribution is -2.36. The Morgan fingerprint density at radius 1 is 0.712 bits per heavy atom. The maximum atomic E-state index is 14.0. The summed E-state index contributed by atoms with van der Waals surface area (Å²) in [5.41, 5.74) is 2.98. The lowest BCUT2D eigenvalue weighted by molar-refractivity contribution is 0.0530. The molecule has 276 valence electrons. The van der Waals surface area contributed by atoms with Crippen LogP contribution < -0.4 is 20.4 Å². The van der Waals surface area contributed by atoms with Gasteiger partial charge in [-0.2, -0.15) is 0 Å². The molecule has 0 spiro atoms. The lowest BCUT2D eigenvalue weighted by Gasteiger charge is -2.29. The summed E-state index contributed by atoms with van der Waals surface area (Å²) in [5, 5.41) is 15.4. The zero-order chi connectivity index (χ0) is 37.4. The van der Waals surface area contributed by atoms with Gasteiger partial charge < -0.3 is 39.8 Å². The monoisotopic (exact) mass is 756 g/mol. The number of aryl methyl sites for hydroxylation is 2. The van der Waals surface area contributed by atoms with Gasteiger partial charge in [0.15, 0.2) is 0 Å². The Morgan fingerprint density at radius 3 is 1.54 bits per heavy atom. The van der Waals surface area contributed by atoms with E-state index in [1.807, 2.05) is 9.80 Å². The number of morpholine rings is 2. The van der Waals surface area contributed by atoms with E-state index in [1.54, 1.807) is 45.0 Å². The van der Waals surface area contributed by atoms with E-state index in [9.17, 15) is 28.0 Å². The minimum absolute atomic E-state index is 0.170. The smallest absolute Gasteiger partial charge is 0.348 e. The van der Waals surface area contributed by atoms with E-state index < -0.39 is 35.4 Å². The van der Waals surface area contributed by atoms with Crippen molar-refractivity contribution in [3.63, 3.8) is 0 Å². The maximum Gasteiger partial charge on any atom is 0.348 e. The zero-order valence-corrected chi connectivity index (χ0v) is 30.4. The first kappa shape index (κ1) is 38.3. The number of rotatable bonds is 9. The molecule has 3 N–H and O–H groups in total. The molecule has 2 saturated heterocycles. The van der Waals surface area contributed by atoms with Crippen LogP contribution in [0.3, 0.4) is 0 Å². The van der Waals surface area contributed by atoms with Crippen LogP contribution in [0.4, 0.5) is 30.2 Å². The average Bonchev–Trinajstić information content (AvgIpc) is 3.69. The number of hydrogen-bond acceptors (Lipinski definition) is 11. The van der Waals surface area contributed by atoms with Crippen molar-refractivity contribution in [2.24, 2.45) is 0 Å². The van der Waals surface area contributed by atoms with E-state index in [0.717, 1.165) is 34.3 Å². The number of aromatic carboxylic acids is 1. The highest BCUT2D eigenvalue weighted by Crippen LogP contribution is 2.30. The summed E-state index contributed by atoms with van der Waals surface area (Å²) in [5.74, 6) is -3.33. The van der Waals surface area contributed by atoms with E-state index in [0.29, 0.717) is 84.4 Å². The molecule has 12 nitrogen and oxygen atoms in total. The van der Waals surface area contributed by atoms with Crippen molar-refractivity contribution in [2.45, 2.75) is 20.8 Å². The second-order valence-corrected chi connectivity index (χ2v) is 13.9. The summed E-state index contributed by atoms with van der Waals surface area (Å²) < 4.78 is 43.6. The summed E-state index contributed by atoms with van der Waals surface area (Å²) in [4.78, 5) is 52.6. The van der Waals surface area contributed by atoms with Crippen molar-refractivity contribution in [3.8, 4) is 0 Å². The molecule has 2 aromatic carbocycles. The van der Waals surface area contributed by atoms with E-state index in [-0.39, 0.29) is 22.6 Å². The molecular weight excluding hydrogens is 719 g/mol. The van der Waals surface area contributed by atoms with Gasteiger partial charge >= 0.3 is 11.9 Å². The van der Waals surface area contributed by atoms with Crippen molar-refractivity contribution >= 4 is 67.8 Å². The third-order valence-corrected chi connectivity index (χ3v) is 10.3. The number of carbonyl (C=O) groups excluding carboxylic acids is 3. The predicted molar refractivity (Wildman–Crippen MR) is 196 cm³/mol. The molecule has 4 heterocycles. The Bertz CT molecular complexity index is 1940. The van der Waals surface area contributed by atoms with Crippen LogP contribution in [0.5, 0.6) is 0 Å². The van der Waals surface area contributed by atoms with Crippen LogP contribution in [0, 0.1) is 25.5 Å². The highest BCUT2D eigenvalue weighted by atomic mass is 32.1. The summed E-state index contributed by atoms with van der Waals surface area (Å²) in [6.07, 6.45) is 0. The van der Waals surface area contributed by atoms with Gasteiger partial charge in [-0.15, -0.1) is 22.7 Å². The minimum atomic E-state index is -1.04. The summed E-state index contributed by atoms with van der Waals surface area (Å²) in [7, 11) is 0. The van der Waals surface area contributed by atoms with Crippen LogP contribution in [0.25, 0.3) is 0 Å². The molecule has 2 aliphatic rings. The number of thiophene rings is 2. The van der Waals surface area contributed by atoms with E-state index in [1.165, 1.54) is 18.2 Å². The van der Waals surface area contributed by atoms with Crippen molar-refractivity contribution in [3.05, 3.63) is 92.2 Å². The number of anilines is 4. The predicted octanol–water partition coefficient (Wildman–Crippen LogP) is 6.44. The average molecular weight is 757 g/mol. The molecule has 2 aromatic heterocycles. The number of benzene rings is 2. The Hall–Kier alpha value is -4.90. The molecule has 0 saturated carbocycles. The highest BCUT2D eigenvalue weighted by molar-refractivity contribution is 7.18. The van der Waals surface area contributed by atoms with Crippen LogP contribution in [-0.4, -0.2) is 88.1 Å². The standard InChI is InChI=1S/C19H21FN2O4S.C17H17FN2O4S/c1-3-26-19(24)17-12(2)8-16(27-17)21-18(23)13-9-14(20)11-15(10-13)22-4-6-25-7-5-22;1-10-6-14(25-15(10)17(22)23)19-16(21)11-7-12(18)9-13(8-11)20-2-4-24-5-3-20/h8-11H,3-7H2,1-2H3,(H,21,23);6-9H,2-5H2,1H3,(H,19,21)(H,22,23). The maximum absolute atomic E-state index is 14.0. The molecular formula is C36H38F2N4O8S2. The van der Waals surface area contributed by atoms with Crippen LogP contribution in [0.15, 0.2) is 48.5 Å². The number of hydrogen-bond donors (Lipinski definition) is 3. The van der Waals surface area contributed by atoms with Gasteiger partial charge in [0.25, 0.3) is 11.8 Å². The highest BCUT2D eigenvalue weighted by Gasteiger charge is 2.20. The summed E-state index contributed by atoms with van der Waals surface area (Å²) in [6, 6.07) is 11.8. The zero-order valence-electron chi connectivity index (χ0n) is 28.8. The van der Waals surface area contributed by atoms with Gasteiger partial charge in [0.2, 0.25) is 0 Å². The fourth-order valence-corrected chi connectivity index (χ4v) is 7.35. The van der Waals surface area contributed by atoms with Crippen LogP contribution in [0.1, 0.15) is 58.1 Å². The number of amides is 2. The quantitative estimate of drug-likeness (QED) is 0.163. The number of ether oxygens (including phenoxy) is 3. The Morgan fingerprint density at radius 2 is 1.13 bits per heavy atom. The van der Waals surface area contributed by atoms with Gasteiger partial charge in [0, 0.05) is 48.7 Å². The fourth-order valence-electron chi connectivity index (χ4n) is 5.49. The molecule has 16 heteroatoms. The van der Waals surface area contributed by atoms with Crippen molar-refractivity contribution < 1.29 is 47.3 Å². The molecule has 4 aromatic rings. The van der Waals surface area contributed by atoms with Gasteiger partial charge in [-0.05, 0) is 80.4 Å². The van der Waals surface area contributed by atoms with Crippen LogP contribution in [0.2, 0.25) is 0 Å². The van der Waals surface area contributed by atoms with E-state index >= 15 is 0 Å². The lowest BCUT2D eigenvalue weighted by atomic mass is 10.1. The number of carboxylic acid groups (broad SMARTS) is 1. The molecule has 0 radical (unpaired) electrons. The summed E-state index contributed by atoms with van der Waals surface area (Å²) >= 11 is 2.11. The topological polar surface area (TPSA) is 147 Å². The number of nitrogens with zero attached hydrogens (tertiary/aromatic N) is 2. The second-order valence-electron chi connectivity index (χ2n) is 11.8. The van der Waals surface area contributed by atoms with Gasteiger partial charge in [0.1, 0.15) is 21.4 Å². The second kappa shape index (κ2) is 17.5. The molecule has 6 rings (SSSR count). The van der Waals surface area contributed by atoms with Gasteiger partial charge in [-0.3, -0.25) is 9.59 Å². The molecule has 2 aliphatic heterocycles. The normalized spacial score (nSPS) is 14.2. The third kappa shape index (κ3) is 9.91. The van der Waals surface area contributed by atoms with Crippen LogP contribution in [-0.2, 0) is 14.2 Å². The molecule has 0 unspecified atom stereocenters. The Kier molecular flexibility index (Phi) is 12.9. The molecule has 52 heavy (non-hydrogen) atoms. The fraction of sp³-hybridized carbons (Fsp3) is 0.333. The molecule has 0 atom stereocenters. The Labute approximate surface area is 306 Å². The Balaban J connectivity index is 0.000000202. The van der Waals surface area contributed by atoms with E-state index in [4.69, 9.17) is 19.3 Å². The van der Waals surface area contributed by atoms with Crippen LogP contribution >= 0.6 is 22.7 Å². The van der Waals surface area contributed by atoms with Crippen molar-refractivity contribution in [2.75, 3.05) is 79.6 Å².